The largest absolute Gasteiger partial charge is 0.493 e. The van der Waals surface area contributed by atoms with Crippen molar-refractivity contribution in [1.82, 2.24) is 15.3 Å². The molecule has 0 spiro atoms. The first kappa shape index (κ1) is 26.9. The number of benzene rings is 1. The van der Waals surface area contributed by atoms with Crippen LogP contribution in [0.1, 0.15) is 31.5 Å². The van der Waals surface area contributed by atoms with Gasteiger partial charge in [0.25, 0.3) is 0 Å². The predicted molar refractivity (Wildman–Crippen MR) is 120 cm³/mol. The zero-order valence-corrected chi connectivity index (χ0v) is 19.7. The summed E-state index contributed by atoms with van der Waals surface area (Å²) in [7, 11) is 3.71. The van der Waals surface area contributed by atoms with E-state index < -0.39 is 41.5 Å². The topological polar surface area (TPSA) is 99.7 Å². The minimum absolute atomic E-state index is 0.0129. The molecular weight excluding hydrogens is 491 g/mol. The Kier molecular flexibility index (Phi) is 8.15. The van der Waals surface area contributed by atoms with Crippen LogP contribution in [-0.2, 0) is 9.63 Å². The van der Waals surface area contributed by atoms with Crippen molar-refractivity contribution < 1.29 is 36.4 Å². The normalized spacial score (nSPS) is 17.8. The number of aryl methyl sites for hydroxylation is 1. The molecule has 36 heavy (non-hydrogen) atoms. The van der Waals surface area contributed by atoms with Gasteiger partial charge in [-0.15, -0.1) is 5.06 Å². The predicted octanol–water partition coefficient (Wildman–Crippen LogP) is 4.09. The van der Waals surface area contributed by atoms with Gasteiger partial charge in [0.15, 0.2) is 0 Å². The quantitative estimate of drug-likeness (QED) is 0.456. The molecule has 2 N–H and O–H groups in total. The van der Waals surface area contributed by atoms with Crippen LogP contribution >= 0.6 is 0 Å². The molecule has 1 aromatic heterocycles. The van der Waals surface area contributed by atoms with Gasteiger partial charge in [0, 0.05) is 50.4 Å². The lowest BCUT2D eigenvalue weighted by molar-refractivity contribution is -0.199. The summed E-state index contributed by atoms with van der Waals surface area (Å²) < 4.78 is 65.4. The number of nitrogens with zero attached hydrogens (tertiary/aromatic N) is 4. The van der Waals surface area contributed by atoms with E-state index in [0.717, 1.165) is 5.82 Å². The molecule has 0 bridgehead atoms. The molecule has 196 valence electrons. The van der Waals surface area contributed by atoms with Crippen molar-refractivity contribution >= 4 is 29.3 Å². The number of carbonyl (C=O) groups excluding carboxylic acids is 2. The highest BCUT2D eigenvalue weighted by Gasteiger charge is 2.44. The number of nitrogens with one attached hydrogen (secondary N) is 2. The summed E-state index contributed by atoms with van der Waals surface area (Å²) in [6, 6.07) is 1.66. The molecule has 0 atom stereocenters. The number of aromatic nitrogens is 2. The Morgan fingerprint density at radius 1 is 0.972 bits per heavy atom. The number of anilines is 3. The van der Waals surface area contributed by atoms with Crippen LogP contribution in [0.2, 0.25) is 0 Å². The number of amides is 2. The summed E-state index contributed by atoms with van der Waals surface area (Å²) >= 11 is 0. The molecule has 1 aliphatic rings. The first-order chi connectivity index (χ1) is 16.8. The van der Waals surface area contributed by atoms with Crippen LogP contribution in [0.15, 0.2) is 24.3 Å². The van der Waals surface area contributed by atoms with E-state index in [-0.39, 0.29) is 11.1 Å². The fraction of sp³-hybridized carbons (Fsp3) is 0.455. The molecule has 14 heteroatoms. The molecule has 0 unspecified atom stereocenters. The Labute approximate surface area is 203 Å². The Hall–Kier alpha value is -3.71. The van der Waals surface area contributed by atoms with Crippen LogP contribution in [0.4, 0.5) is 44.1 Å². The zero-order valence-electron chi connectivity index (χ0n) is 19.7. The van der Waals surface area contributed by atoms with E-state index in [1.807, 2.05) is 19.0 Å². The maximum Gasteiger partial charge on any atom is 0.493 e. The van der Waals surface area contributed by atoms with E-state index in [1.165, 1.54) is 0 Å². The minimum atomic E-state index is -5.43. The van der Waals surface area contributed by atoms with E-state index in [1.54, 1.807) is 13.0 Å². The number of halogens is 5. The van der Waals surface area contributed by atoms with Crippen molar-refractivity contribution in [1.29, 1.82) is 0 Å². The van der Waals surface area contributed by atoms with Gasteiger partial charge in [-0.25, -0.2) is 28.3 Å². The number of hydroxylamine groups is 1. The van der Waals surface area contributed by atoms with Crippen molar-refractivity contribution in [3.05, 3.63) is 41.7 Å². The molecule has 1 heterocycles. The molecule has 2 amide bonds. The SMILES string of the molecule is Cc1nc(NC2CCC(NC(=O)N(OC(=O)C(F)(F)F)c3cc(F)cc(F)c3)CC2)cc(N(C)C)n1. The molecule has 1 aliphatic carbocycles. The van der Waals surface area contributed by atoms with Gasteiger partial charge in [-0.05, 0) is 32.6 Å². The van der Waals surface area contributed by atoms with Crippen molar-refractivity contribution in [3.8, 4) is 0 Å². The number of rotatable bonds is 5. The standard InChI is InChI=1S/C22H25F5N6O3/c1-12-28-18(11-19(29-12)32(2)3)30-15-4-6-16(7-5-15)31-21(35)33(36-20(34)22(25,26)27)17-9-13(23)8-14(24)10-17/h8-11,15-16H,4-7H2,1-3H3,(H,31,35)(H,28,29,30). The lowest BCUT2D eigenvalue weighted by atomic mass is 9.91. The second kappa shape index (κ2) is 10.9. The van der Waals surface area contributed by atoms with Crippen LogP contribution in [0.25, 0.3) is 0 Å². The van der Waals surface area contributed by atoms with Gasteiger partial charge in [-0.1, -0.05) is 0 Å². The molecule has 0 saturated heterocycles. The number of hydrogen-bond acceptors (Lipinski definition) is 7. The third-order valence-electron chi connectivity index (χ3n) is 5.36. The van der Waals surface area contributed by atoms with Gasteiger partial charge >= 0.3 is 18.2 Å². The first-order valence-corrected chi connectivity index (χ1v) is 11.0. The Morgan fingerprint density at radius 3 is 2.11 bits per heavy atom. The lowest BCUT2D eigenvalue weighted by Gasteiger charge is -2.31. The maximum atomic E-state index is 13.6. The van der Waals surface area contributed by atoms with Crippen LogP contribution in [0.5, 0.6) is 0 Å². The summed E-state index contributed by atoms with van der Waals surface area (Å²) in [4.78, 5) is 38.7. The third-order valence-corrected chi connectivity index (χ3v) is 5.36. The Balaban J connectivity index is 1.65. The van der Waals surface area contributed by atoms with Crippen LogP contribution < -0.4 is 20.6 Å². The van der Waals surface area contributed by atoms with Gasteiger partial charge in [-0.3, -0.25) is 0 Å². The highest BCUT2D eigenvalue weighted by Crippen LogP contribution is 2.26. The number of hydrogen-bond donors (Lipinski definition) is 2. The number of urea groups is 1. The lowest BCUT2D eigenvalue weighted by Crippen LogP contribution is -2.49. The Bertz CT molecular complexity index is 1090. The summed E-state index contributed by atoms with van der Waals surface area (Å²) in [6.45, 7) is 1.77. The van der Waals surface area contributed by atoms with E-state index >= 15 is 0 Å². The summed E-state index contributed by atoms with van der Waals surface area (Å²) in [5, 5.41) is 5.69. The van der Waals surface area contributed by atoms with Gasteiger partial charge in [0.1, 0.15) is 29.1 Å². The van der Waals surface area contributed by atoms with Crippen LogP contribution in [0, 0.1) is 18.6 Å². The van der Waals surface area contributed by atoms with Crippen molar-refractivity contribution in [2.45, 2.75) is 50.9 Å². The molecule has 1 aromatic carbocycles. The molecule has 0 aliphatic heterocycles. The molecule has 9 nitrogen and oxygen atoms in total. The van der Waals surface area contributed by atoms with Crippen LogP contribution in [0.3, 0.4) is 0 Å². The van der Waals surface area contributed by atoms with Gasteiger partial charge in [0.05, 0.1) is 5.69 Å². The third kappa shape index (κ3) is 7.15. The van der Waals surface area contributed by atoms with Crippen molar-refractivity contribution in [3.63, 3.8) is 0 Å². The smallest absolute Gasteiger partial charge is 0.367 e. The monoisotopic (exact) mass is 516 g/mol. The van der Waals surface area contributed by atoms with Gasteiger partial charge in [-0.2, -0.15) is 13.2 Å². The molecule has 0 radical (unpaired) electrons. The van der Waals surface area contributed by atoms with Crippen molar-refractivity contribution in [2.24, 2.45) is 0 Å². The first-order valence-electron chi connectivity index (χ1n) is 11.0. The fourth-order valence-corrected chi connectivity index (χ4v) is 3.68. The van der Waals surface area contributed by atoms with E-state index in [0.29, 0.717) is 55.5 Å². The summed E-state index contributed by atoms with van der Waals surface area (Å²) in [5.74, 6) is -3.10. The Morgan fingerprint density at radius 2 is 1.56 bits per heavy atom. The van der Waals surface area contributed by atoms with Gasteiger partial charge < -0.3 is 20.4 Å². The molecule has 3 rings (SSSR count). The maximum absolute atomic E-state index is 13.6. The highest BCUT2D eigenvalue weighted by atomic mass is 19.4. The summed E-state index contributed by atoms with van der Waals surface area (Å²) in [5.41, 5.74) is -0.714. The summed E-state index contributed by atoms with van der Waals surface area (Å²) in [6.07, 6.45) is -3.39. The second-order valence-corrected chi connectivity index (χ2v) is 8.49. The van der Waals surface area contributed by atoms with Crippen LogP contribution in [-0.4, -0.2) is 54.3 Å². The second-order valence-electron chi connectivity index (χ2n) is 8.49. The molecule has 1 fully saturated rings. The average Bonchev–Trinajstić information content (AvgIpc) is 2.76. The molecule has 2 aromatic rings. The molecule has 1 saturated carbocycles. The van der Waals surface area contributed by atoms with E-state index in [9.17, 15) is 31.5 Å². The van der Waals surface area contributed by atoms with E-state index in [4.69, 9.17) is 0 Å². The fourth-order valence-electron chi connectivity index (χ4n) is 3.68. The average molecular weight is 516 g/mol. The molecular formula is C22H25F5N6O3. The number of alkyl halides is 3. The van der Waals surface area contributed by atoms with E-state index in [2.05, 4.69) is 25.4 Å². The highest BCUT2D eigenvalue weighted by molar-refractivity contribution is 5.93. The minimum Gasteiger partial charge on any atom is -0.367 e. The number of carbonyl (C=O) groups is 2. The van der Waals surface area contributed by atoms with Gasteiger partial charge in [0.2, 0.25) is 0 Å². The zero-order chi connectivity index (χ0) is 26.6. The van der Waals surface area contributed by atoms with Crippen molar-refractivity contribution in [2.75, 3.05) is 29.4 Å².